The number of rotatable bonds is 3. The van der Waals surface area contributed by atoms with Gasteiger partial charge in [0, 0.05) is 43.1 Å². The van der Waals surface area contributed by atoms with Gasteiger partial charge in [0.25, 0.3) is 0 Å². The predicted molar refractivity (Wildman–Crippen MR) is 91.7 cm³/mol. The summed E-state index contributed by atoms with van der Waals surface area (Å²) in [6.07, 6.45) is 1.29. The van der Waals surface area contributed by atoms with Crippen molar-refractivity contribution in [1.82, 2.24) is 9.29 Å². The minimum atomic E-state index is -3.53. The second-order valence-corrected chi connectivity index (χ2v) is 7.95. The maximum absolute atomic E-state index is 12.6. The standard InChI is InChI=1S/C15H15Cl2N3O2S/c16-12-2-1-3-13(10-12)19-6-8-20(9-7-19)23(21,22)14-4-5-15(17)18-11-14/h1-5,10-11H,6-9H2. The number of hydrogen-bond acceptors (Lipinski definition) is 4. The maximum atomic E-state index is 12.6. The van der Waals surface area contributed by atoms with Crippen LogP contribution in [0.5, 0.6) is 0 Å². The van der Waals surface area contributed by atoms with Crippen LogP contribution in [0.3, 0.4) is 0 Å². The molecule has 2 heterocycles. The highest BCUT2D eigenvalue weighted by atomic mass is 35.5. The van der Waals surface area contributed by atoms with Crippen LogP contribution in [0.2, 0.25) is 10.2 Å². The topological polar surface area (TPSA) is 53.5 Å². The molecule has 0 amide bonds. The highest BCUT2D eigenvalue weighted by molar-refractivity contribution is 7.89. The maximum Gasteiger partial charge on any atom is 0.244 e. The molecule has 0 radical (unpaired) electrons. The smallest absolute Gasteiger partial charge is 0.244 e. The minimum Gasteiger partial charge on any atom is -0.369 e. The summed E-state index contributed by atoms with van der Waals surface area (Å²) in [4.78, 5) is 6.13. The van der Waals surface area contributed by atoms with E-state index in [0.717, 1.165) is 5.69 Å². The lowest BCUT2D eigenvalue weighted by molar-refractivity contribution is 0.385. The lowest BCUT2D eigenvalue weighted by Crippen LogP contribution is -2.48. The lowest BCUT2D eigenvalue weighted by atomic mass is 10.2. The van der Waals surface area contributed by atoms with Gasteiger partial charge in [-0.1, -0.05) is 29.3 Å². The number of hydrogen-bond donors (Lipinski definition) is 0. The van der Waals surface area contributed by atoms with Crippen LogP contribution in [0, 0.1) is 0 Å². The number of pyridine rings is 1. The molecular formula is C15H15Cl2N3O2S. The Balaban J connectivity index is 1.72. The van der Waals surface area contributed by atoms with Crippen molar-refractivity contribution in [3.63, 3.8) is 0 Å². The summed E-state index contributed by atoms with van der Waals surface area (Å²) in [7, 11) is -3.53. The lowest BCUT2D eigenvalue weighted by Gasteiger charge is -2.35. The van der Waals surface area contributed by atoms with Gasteiger partial charge in [0.2, 0.25) is 10.0 Å². The first kappa shape index (κ1) is 16.5. The third-order valence-electron chi connectivity index (χ3n) is 3.75. The largest absolute Gasteiger partial charge is 0.369 e. The van der Waals surface area contributed by atoms with Crippen molar-refractivity contribution in [2.75, 3.05) is 31.1 Å². The number of halogens is 2. The Bertz CT molecular complexity index is 789. The Labute approximate surface area is 145 Å². The van der Waals surface area contributed by atoms with Crippen molar-refractivity contribution in [2.24, 2.45) is 0 Å². The summed E-state index contributed by atoms with van der Waals surface area (Å²) in [6, 6.07) is 10.5. The Morgan fingerprint density at radius 2 is 1.74 bits per heavy atom. The molecule has 23 heavy (non-hydrogen) atoms. The number of aromatic nitrogens is 1. The second kappa shape index (κ2) is 6.65. The average molecular weight is 372 g/mol. The Morgan fingerprint density at radius 1 is 1.00 bits per heavy atom. The summed E-state index contributed by atoms with van der Waals surface area (Å²) < 4.78 is 26.7. The minimum absolute atomic E-state index is 0.165. The zero-order chi connectivity index (χ0) is 16.4. The van der Waals surface area contributed by atoms with E-state index in [9.17, 15) is 8.42 Å². The van der Waals surface area contributed by atoms with E-state index in [1.54, 1.807) is 0 Å². The first-order valence-electron chi connectivity index (χ1n) is 7.09. The Hall–Kier alpha value is -1.34. The third kappa shape index (κ3) is 3.61. The molecule has 1 fully saturated rings. The molecule has 8 heteroatoms. The number of sulfonamides is 1. The molecule has 1 aliphatic rings. The Morgan fingerprint density at radius 3 is 2.35 bits per heavy atom. The van der Waals surface area contributed by atoms with E-state index in [4.69, 9.17) is 23.2 Å². The molecular weight excluding hydrogens is 357 g/mol. The van der Waals surface area contributed by atoms with Crippen LogP contribution in [-0.4, -0.2) is 43.9 Å². The van der Waals surface area contributed by atoms with E-state index < -0.39 is 10.0 Å². The van der Waals surface area contributed by atoms with Gasteiger partial charge in [-0.2, -0.15) is 4.31 Å². The Kier molecular flexibility index (Phi) is 4.77. The fraction of sp³-hybridized carbons (Fsp3) is 0.267. The van der Waals surface area contributed by atoms with Gasteiger partial charge >= 0.3 is 0 Å². The van der Waals surface area contributed by atoms with Gasteiger partial charge in [-0.05, 0) is 30.3 Å². The average Bonchev–Trinajstić information content (AvgIpc) is 2.55. The molecule has 1 aromatic carbocycles. The molecule has 1 aliphatic heterocycles. The molecule has 1 saturated heterocycles. The van der Waals surface area contributed by atoms with Crippen molar-refractivity contribution in [1.29, 1.82) is 0 Å². The monoisotopic (exact) mass is 371 g/mol. The number of nitrogens with zero attached hydrogens (tertiary/aromatic N) is 3. The van der Waals surface area contributed by atoms with Crippen LogP contribution in [-0.2, 0) is 10.0 Å². The van der Waals surface area contributed by atoms with Gasteiger partial charge in [-0.3, -0.25) is 0 Å². The highest BCUT2D eigenvalue weighted by Crippen LogP contribution is 2.23. The number of anilines is 1. The molecule has 0 N–H and O–H groups in total. The molecule has 0 atom stereocenters. The van der Waals surface area contributed by atoms with Gasteiger partial charge in [0.15, 0.2) is 0 Å². The van der Waals surface area contributed by atoms with E-state index in [0.29, 0.717) is 31.2 Å². The van der Waals surface area contributed by atoms with Crippen molar-refractivity contribution < 1.29 is 8.42 Å². The highest BCUT2D eigenvalue weighted by Gasteiger charge is 2.28. The van der Waals surface area contributed by atoms with E-state index >= 15 is 0 Å². The molecule has 0 saturated carbocycles. The molecule has 1 aromatic heterocycles. The van der Waals surface area contributed by atoms with Crippen molar-refractivity contribution >= 4 is 38.9 Å². The van der Waals surface area contributed by atoms with Crippen LogP contribution in [0.15, 0.2) is 47.5 Å². The summed E-state index contributed by atoms with van der Waals surface area (Å²) in [5, 5.41) is 0.944. The summed E-state index contributed by atoms with van der Waals surface area (Å²) in [5.41, 5.74) is 1.00. The van der Waals surface area contributed by atoms with Crippen LogP contribution in [0.4, 0.5) is 5.69 Å². The zero-order valence-electron chi connectivity index (χ0n) is 12.2. The van der Waals surface area contributed by atoms with Crippen molar-refractivity contribution in [3.8, 4) is 0 Å². The molecule has 3 rings (SSSR count). The molecule has 2 aromatic rings. The van der Waals surface area contributed by atoms with E-state index in [-0.39, 0.29) is 10.0 Å². The molecule has 0 unspecified atom stereocenters. The number of piperazine rings is 1. The van der Waals surface area contributed by atoms with E-state index in [2.05, 4.69) is 9.88 Å². The summed E-state index contributed by atoms with van der Waals surface area (Å²) >= 11 is 11.7. The van der Waals surface area contributed by atoms with Gasteiger partial charge in [-0.15, -0.1) is 0 Å². The zero-order valence-corrected chi connectivity index (χ0v) is 14.5. The fourth-order valence-corrected chi connectivity index (χ4v) is 4.19. The summed E-state index contributed by atoms with van der Waals surface area (Å²) in [6.45, 7) is 2.05. The molecule has 5 nitrogen and oxygen atoms in total. The normalized spacial score (nSPS) is 16.5. The van der Waals surface area contributed by atoms with Crippen molar-refractivity contribution in [3.05, 3.63) is 52.8 Å². The van der Waals surface area contributed by atoms with E-state index in [1.807, 2.05) is 24.3 Å². The molecule has 122 valence electrons. The van der Waals surface area contributed by atoms with Crippen LogP contribution in [0.1, 0.15) is 0 Å². The first-order chi connectivity index (χ1) is 11.0. The molecule has 0 spiro atoms. The molecule has 0 bridgehead atoms. The SMILES string of the molecule is O=S(=O)(c1ccc(Cl)nc1)N1CCN(c2cccc(Cl)c2)CC1. The third-order valence-corrected chi connectivity index (χ3v) is 6.09. The van der Waals surface area contributed by atoms with Crippen molar-refractivity contribution in [2.45, 2.75) is 4.90 Å². The van der Waals surface area contributed by atoms with Gasteiger partial charge in [0.1, 0.15) is 10.0 Å². The first-order valence-corrected chi connectivity index (χ1v) is 9.29. The number of benzene rings is 1. The van der Waals surface area contributed by atoms with Crippen LogP contribution >= 0.6 is 23.2 Å². The van der Waals surface area contributed by atoms with Gasteiger partial charge in [-0.25, -0.2) is 13.4 Å². The quantitative estimate of drug-likeness (QED) is 0.778. The second-order valence-electron chi connectivity index (χ2n) is 5.19. The fourth-order valence-electron chi connectivity index (χ4n) is 2.52. The van der Waals surface area contributed by atoms with Gasteiger partial charge < -0.3 is 4.90 Å². The summed E-state index contributed by atoms with van der Waals surface area (Å²) in [5.74, 6) is 0. The van der Waals surface area contributed by atoms with E-state index in [1.165, 1.54) is 22.6 Å². The van der Waals surface area contributed by atoms with Crippen LogP contribution < -0.4 is 4.90 Å². The molecule has 0 aliphatic carbocycles. The predicted octanol–water partition coefficient (Wildman–Crippen LogP) is 2.90. The van der Waals surface area contributed by atoms with Crippen LogP contribution in [0.25, 0.3) is 0 Å². The van der Waals surface area contributed by atoms with Gasteiger partial charge in [0.05, 0.1) is 0 Å².